The number of nitrogens with zero attached hydrogens (tertiary/aromatic N) is 1. The molecule has 7 heteroatoms. The molecule has 0 amide bonds. The lowest BCUT2D eigenvalue weighted by Gasteiger charge is -2.23. The fourth-order valence-corrected chi connectivity index (χ4v) is 2.02. The number of rotatable bonds is 4. The van der Waals surface area contributed by atoms with Crippen LogP contribution in [0, 0.1) is 0 Å². The molecule has 1 aromatic rings. The molecular weight excluding hydrogens is 273 g/mol. The fourth-order valence-electron chi connectivity index (χ4n) is 2.02. The van der Waals surface area contributed by atoms with Crippen molar-refractivity contribution in [2.45, 2.75) is 38.1 Å². The molecule has 0 spiro atoms. The van der Waals surface area contributed by atoms with Crippen LogP contribution in [0.1, 0.15) is 30.5 Å². The first kappa shape index (κ1) is 15.1. The third-order valence-electron chi connectivity index (χ3n) is 3.13. The monoisotopic (exact) mass is 290 g/mol. The van der Waals surface area contributed by atoms with E-state index in [-0.39, 0.29) is 25.1 Å². The van der Waals surface area contributed by atoms with Crippen LogP contribution in [0.5, 0.6) is 5.88 Å². The van der Waals surface area contributed by atoms with E-state index in [0.717, 1.165) is 25.3 Å². The van der Waals surface area contributed by atoms with Crippen LogP contribution in [-0.4, -0.2) is 24.3 Å². The van der Waals surface area contributed by atoms with Gasteiger partial charge in [-0.05, 0) is 25.3 Å². The highest BCUT2D eigenvalue weighted by Crippen LogP contribution is 2.30. The molecule has 0 aliphatic carbocycles. The molecule has 1 atom stereocenters. The number of nitrogens with two attached hydrogens (primary N) is 1. The molecular formula is C13H17F3N2O2. The van der Waals surface area contributed by atoms with Crippen molar-refractivity contribution in [3.05, 3.63) is 23.4 Å². The normalized spacial score (nSPS) is 19.9. The Hall–Kier alpha value is -1.34. The largest absolute Gasteiger partial charge is 0.475 e. The maximum absolute atomic E-state index is 12.6. The Morgan fingerprint density at radius 1 is 1.35 bits per heavy atom. The number of hydrogen-bond acceptors (Lipinski definition) is 4. The zero-order chi connectivity index (χ0) is 14.6. The third kappa shape index (κ3) is 3.83. The maximum atomic E-state index is 12.6. The number of pyridine rings is 1. The van der Waals surface area contributed by atoms with Gasteiger partial charge in [-0.1, -0.05) is 6.07 Å². The smallest absolute Gasteiger partial charge is 0.433 e. The molecule has 1 aliphatic heterocycles. The van der Waals surface area contributed by atoms with Crippen molar-refractivity contribution in [2.75, 3.05) is 13.2 Å². The molecule has 4 nitrogen and oxygen atoms in total. The fraction of sp³-hybridized carbons (Fsp3) is 0.615. The number of halogens is 3. The van der Waals surface area contributed by atoms with Crippen LogP contribution in [0.4, 0.5) is 13.2 Å². The van der Waals surface area contributed by atoms with Crippen LogP contribution in [0.2, 0.25) is 0 Å². The topological polar surface area (TPSA) is 57.4 Å². The van der Waals surface area contributed by atoms with Crippen molar-refractivity contribution < 1.29 is 22.6 Å². The van der Waals surface area contributed by atoms with Gasteiger partial charge in [0.1, 0.15) is 12.3 Å². The summed E-state index contributed by atoms with van der Waals surface area (Å²) in [6.07, 6.45) is -1.70. The van der Waals surface area contributed by atoms with Gasteiger partial charge in [0, 0.05) is 18.7 Å². The molecule has 0 aromatic carbocycles. The van der Waals surface area contributed by atoms with Crippen LogP contribution >= 0.6 is 0 Å². The first-order valence-electron chi connectivity index (χ1n) is 6.52. The third-order valence-corrected chi connectivity index (χ3v) is 3.13. The number of ether oxygens (including phenoxy) is 2. The van der Waals surface area contributed by atoms with Crippen LogP contribution in [-0.2, 0) is 17.5 Å². The van der Waals surface area contributed by atoms with Gasteiger partial charge < -0.3 is 15.2 Å². The molecule has 2 rings (SSSR count). The Kier molecular flexibility index (Phi) is 4.82. The van der Waals surface area contributed by atoms with Gasteiger partial charge in [-0.2, -0.15) is 13.2 Å². The van der Waals surface area contributed by atoms with Gasteiger partial charge in [0.15, 0.2) is 0 Å². The highest BCUT2D eigenvalue weighted by molar-refractivity contribution is 5.29. The minimum absolute atomic E-state index is 0.0588. The van der Waals surface area contributed by atoms with E-state index in [2.05, 4.69) is 4.98 Å². The van der Waals surface area contributed by atoms with Gasteiger partial charge in [-0.25, -0.2) is 4.98 Å². The summed E-state index contributed by atoms with van der Waals surface area (Å²) in [7, 11) is 0. The molecule has 0 radical (unpaired) electrons. The SMILES string of the molecule is NCc1ccc(C(F)(F)F)nc1OCC1CCCCO1. The summed E-state index contributed by atoms with van der Waals surface area (Å²) in [5.41, 5.74) is 4.96. The Morgan fingerprint density at radius 2 is 2.15 bits per heavy atom. The van der Waals surface area contributed by atoms with Crippen LogP contribution in [0.25, 0.3) is 0 Å². The lowest BCUT2D eigenvalue weighted by atomic mass is 10.1. The van der Waals surface area contributed by atoms with E-state index >= 15 is 0 Å². The highest BCUT2D eigenvalue weighted by atomic mass is 19.4. The molecule has 1 unspecified atom stereocenters. The van der Waals surface area contributed by atoms with Crippen molar-refractivity contribution in [3.63, 3.8) is 0 Å². The van der Waals surface area contributed by atoms with Gasteiger partial charge in [0.05, 0.1) is 6.10 Å². The standard InChI is InChI=1S/C13H17F3N2O2/c14-13(15,16)11-5-4-9(7-17)12(18-11)20-8-10-3-1-2-6-19-10/h4-5,10H,1-3,6-8,17H2. The first-order chi connectivity index (χ1) is 9.50. The molecule has 0 bridgehead atoms. The van der Waals surface area contributed by atoms with Crippen molar-refractivity contribution in [2.24, 2.45) is 5.73 Å². The summed E-state index contributed by atoms with van der Waals surface area (Å²) >= 11 is 0. The molecule has 2 N–H and O–H groups in total. The Bertz CT molecular complexity index is 446. The zero-order valence-corrected chi connectivity index (χ0v) is 10.9. The molecule has 1 aromatic heterocycles. The summed E-state index contributed by atoms with van der Waals surface area (Å²) in [5.74, 6) is -0.0588. The molecule has 1 aliphatic rings. The van der Waals surface area contributed by atoms with E-state index in [4.69, 9.17) is 15.2 Å². The molecule has 1 fully saturated rings. The summed E-state index contributed by atoms with van der Waals surface area (Å²) in [6.45, 7) is 0.932. The second kappa shape index (κ2) is 6.41. The molecule has 1 saturated heterocycles. The minimum Gasteiger partial charge on any atom is -0.475 e. The summed E-state index contributed by atoms with van der Waals surface area (Å²) in [5, 5.41) is 0. The van der Waals surface area contributed by atoms with E-state index in [1.165, 1.54) is 6.07 Å². The number of alkyl halides is 3. The Balaban J connectivity index is 2.07. The lowest BCUT2D eigenvalue weighted by molar-refractivity contribution is -0.141. The van der Waals surface area contributed by atoms with E-state index in [0.29, 0.717) is 12.2 Å². The number of aromatic nitrogens is 1. The summed E-state index contributed by atoms with van der Waals surface area (Å²) in [6, 6.07) is 2.21. The van der Waals surface area contributed by atoms with Gasteiger partial charge in [0.2, 0.25) is 5.88 Å². The zero-order valence-electron chi connectivity index (χ0n) is 10.9. The van der Waals surface area contributed by atoms with Crippen molar-refractivity contribution in [1.82, 2.24) is 4.98 Å². The van der Waals surface area contributed by atoms with Crippen molar-refractivity contribution >= 4 is 0 Å². The Labute approximate surface area is 115 Å². The second-order valence-electron chi connectivity index (χ2n) is 4.66. The van der Waals surface area contributed by atoms with Crippen molar-refractivity contribution in [1.29, 1.82) is 0 Å². The maximum Gasteiger partial charge on any atom is 0.433 e. The molecule has 20 heavy (non-hydrogen) atoms. The minimum atomic E-state index is -4.49. The van der Waals surface area contributed by atoms with Crippen LogP contribution in [0.15, 0.2) is 12.1 Å². The average molecular weight is 290 g/mol. The molecule has 112 valence electrons. The highest BCUT2D eigenvalue weighted by Gasteiger charge is 2.33. The summed E-state index contributed by atoms with van der Waals surface area (Å²) in [4.78, 5) is 3.52. The first-order valence-corrected chi connectivity index (χ1v) is 6.52. The van der Waals surface area contributed by atoms with Gasteiger partial charge in [-0.3, -0.25) is 0 Å². The quantitative estimate of drug-likeness (QED) is 0.925. The van der Waals surface area contributed by atoms with E-state index < -0.39 is 11.9 Å². The van der Waals surface area contributed by atoms with Crippen LogP contribution < -0.4 is 10.5 Å². The lowest BCUT2D eigenvalue weighted by Crippen LogP contribution is -2.26. The van der Waals surface area contributed by atoms with E-state index in [9.17, 15) is 13.2 Å². The summed E-state index contributed by atoms with van der Waals surface area (Å²) < 4.78 is 48.7. The molecule has 2 heterocycles. The predicted molar refractivity (Wildman–Crippen MR) is 66.2 cm³/mol. The van der Waals surface area contributed by atoms with E-state index in [1.807, 2.05) is 0 Å². The van der Waals surface area contributed by atoms with Crippen molar-refractivity contribution in [3.8, 4) is 5.88 Å². The van der Waals surface area contributed by atoms with Crippen LogP contribution in [0.3, 0.4) is 0 Å². The number of hydrogen-bond donors (Lipinski definition) is 1. The average Bonchev–Trinajstić information content (AvgIpc) is 2.45. The molecule has 0 saturated carbocycles. The van der Waals surface area contributed by atoms with Gasteiger partial charge >= 0.3 is 6.18 Å². The van der Waals surface area contributed by atoms with Gasteiger partial charge in [0.25, 0.3) is 0 Å². The predicted octanol–water partition coefficient (Wildman–Crippen LogP) is 2.51. The van der Waals surface area contributed by atoms with E-state index in [1.54, 1.807) is 0 Å². The Morgan fingerprint density at radius 3 is 2.75 bits per heavy atom. The van der Waals surface area contributed by atoms with Gasteiger partial charge in [-0.15, -0.1) is 0 Å². The second-order valence-corrected chi connectivity index (χ2v) is 4.66.